The molecule has 0 unspecified atom stereocenters. The number of nitrogens with zero attached hydrogens (tertiary/aromatic N) is 1. The Labute approximate surface area is 129 Å². The van der Waals surface area contributed by atoms with E-state index in [1.807, 2.05) is 18.2 Å². The lowest BCUT2D eigenvalue weighted by atomic mass is 10.0. The number of benzene rings is 3. The fraction of sp³-hybridized carbons (Fsp3) is 0.0500. The van der Waals surface area contributed by atoms with Gasteiger partial charge in [0, 0.05) is 16.5 Å². The lowest BCUT2D eigenvalue weighted by Crippen LogP contribution is -1.88. The molecule has 4 rings (SSSR count). The van der Waals surface area contributed by atoms with Gasteiger partial charge in [0.15, 0.2) is 0 Å². The monoisotopic (exact) mass is 284 g/mol. The molecule has 0 amide bonds. The van der Waals surface area contributed by atoms with Crippen LogP contribution >= 0.6 is 0 Å². The summed E-state index contributed by atoms with van der Waals surface area (Å²) in [7, 11) is 0. The molecule has 0 bridgehead atoms. The van der Waals surface area contributed by atoms with Gasteiger partial charge in [-0.15, -0.1) is 0 Å². The fourth-order valence-corrected chi connectivity index (χ4v) is 2.84. The molecule has 1 aromatic heterocycles. The predicted octanol–water partition coefficient (Wildman–Crippen LogP) is 4.95. The summed E-state index contributed by atoms with van der Waals surface area (Å²) in [4.78, 5) is 4.77. The van der Waals surface area contributed by atoms with Crippen molar-refractivity contribution < 1.29 is 0 Å². The first kappa shape index (κ1) is 12.8. The Balaban J connectivity index is 1.94. The van der Waals surface area contributed by atoms with Crippen LogP contribution in [-0.4, -0.2) is 4.98 Å². The highest BCUT2D eigenvalue weighted by atomic mass is 14.7. The second kappa shape index (κ2) is 4.85. The van der Waals surface area contributed by atoms with Gasteiger partial charge in [-0.25, -0.2) is 4.98 Å². The molecular formula is C20H16N2. The summed E-state index contributed by atoms with van der Waals surface area (Å²) in [5.74, 6) is 0. The molecule has 3 aromatic carbocycles. The maximum atomic E-state index is 5.87. The second-order valence-electron chi connectivity index (χ2n) is 5.72. The van der Waals surface area contributed by atoms with Gasteiger partial charge in [-0.1, -0.05) is 48.0 Å². The molecular weight excluding hydrogens is 268 g/mol. The van der Waals surface area contributed by atoms with E-state index in [1.54, 1.807) is 0 Å². The molecule has 4 aromatic rings. The first-order valence-corrected chi connectivity index (χ1v) is 7.36. The van der Waals surface area contributed by atoms with E-state index in [1.165, 1.54) is 16.7 Å². The standard InChI is InChI=1S/C20H16N2/c1-13-3-2-4-14(9-13)15-5-6-16-10-17-7-8-18(21)12-20(17)22-19(16)11-15/h2-12H,21H2,1H3. The van der Waals surface area contributed by atoms with Crippen LogP contribution in [0.25, 0.3) is 32.9 Å². The summed E-state index contributed by atoms with van der Waals surface area (Å²) in [5.41, 5.74) is 12.2. The average molecular weight is 284 g/mol. The van der Waals surface area contributed by atoms with Crippen molar-refractivity contribution in [2.75, 3.05) is 5.73 Å². The number of nitrogen functional groups attached to an aromatic ring is 1. The van der Waals surface area contributed by atoms with Crippen molar-refractivity contribution in [3.8, 4) is 11.1 Å². The third-order valence-corrected chi connectivity index (χ3v) is 3.99. The molecule has 2 heteroatoms. The Bertz CT molecular complexity index is 1000. The van der Waals surface area contributed by atoms with Crippen molar-refractivity contribution in [3.05, 3.63) is 72.3 Å². The number of aryl methyl sites for hydroxylation is 1. The molecule has 0 aliphatic heterocycles. The van der Waals surface area contributed by atoms with E-state index in [4.69, 9.17) is 10.7 Å². The van der Waals surface area contributed by atoms with Crippen LogP contribution in [0.3, 0.4) is 0 Å². The molecule has 0 saturated heterocycles. The normalized spacial score (nSPS) is 11.1. The van der Waals surface area contributed by atoms with Crippen LogP contribution in [0.5, 0.6) is 0 Å². The second-order valence-corrected chi connectivity index (χ2v) is 5.72. The Morgan fingerprint density at radius 1 is 0.727 bits per heavy atom. The number of hydrogen-bond donors (Lipinski definition) is 1. The van der Waals surface area contributed by atoms with Crippen LogP contribution < -0.4 is 5.73 Å². The zero-order chi connectivity index (χ0) is 15.1. The van der Waals surface area contributed by atoms with Crippen LogP contribution in [0.2, 0.25) is 0 Å². The SMILES string of the molecule is Cc1cccc(-c2ccc3cc4ccc(N)cc4nc3c2)c1. The molecule has 0 atom stereocenters. The number of hydrogen-bond acceptors (Lipinski definition) is 2. The van der Waals surface area contributed by atoms with Gasteiger partial charge in [-0.05, 0) is 42.3 Å². The zero-order valence-corrected chi connectivity index (χ0v) is 12.4. The quantitative estimate of drug-likeness (QED) is 0.397. The summed E-state index contributed by atoms with van der Waals surface area (Å²) >= 11 is 0. The van der Waals surface area contributed by atoms with E-state index in [2.05, 4.69) is 55.5 Å². The number of rotatable bonds is 1. The van der Waals surface area contributed by atoms with Gasteiger partial charge in [-0.3, -0.25) is 0 Å². The molecule has 2 N–H and O–H groups in total. The van der Waals surface area contributed by atoms with Crippen LogP contribution in [0.1, 0.15) is 5.56 Å². The summed E-state index contributed by atoms with van der Waals surface area (Å²) in [6.07, 6.45) is 0. The van der Waals surface area contributed by atoms with Crippen molar-refractivity contribution in [2.24, 2.45) is 0 Å². The number of nitrogens with two attached hydrogens (primary N) is 1. The Morgan fingerprint density at radius 2 is 1.45 bits per heavy atom. The summed E-state index contributed by atoms with van der Waals surface area (Å²) in [6, 6.07) is 23.0. The number of fused-ring (bicyclic) bond motifs is 2. The Hall–Kier alpha value is -2.87. The summed E-state index contributed by atoms with van der Waals surface area (Å²) < 4.78 is 0. The van der Waals surface area contributed by atoms with Crippen LogP contribution in [0, 0.1) is 6.92 Å². The number of aromatic nitrogens is 1. The maximum Gasteiger partial charge on any atom is 0.0730 e. The van der Waals surface area contributed by atoms with E-state index < -0.39 is 0 Å². The molecule has 0 spiro atoms. The maximum absolute atomic E-state index is 5.87. The highest BCUT2D eigenvalue weighted by Gasteiger charge is 2.04. The van der Waals surface area contributed by atoms with Crippen molar-refractivity contribution >= 4 is 27.5 Å². The first-order valence-electron chi connectivity index (χ1n) is 7.36. The molecule has 2 nitrogen and oxygen atoms in total. The third kappa shape index (κ3) is 2.19. The molecule has 0 radical (unpaired) electrons. The minimum Gasteiger partial charge on any atom is -0.399 e. The molecule has 1 heterocycles. The molecule has 0 aliphatic carbocycles. The van der Waals surface area contributed by atoms with Crippen molar-refractivity contribution in [1.29, 1.82) is 0 Å². The van der Waals surface area contributed by atoms with Crippen molar-refractivity contribution in [1.82, 2.24) is 4.98 Å². The summed E-state index contributed by atoms with van der Waals surface area (Å²) in [6.45, 7) is 2.11. The van der Waals surface area contributed by atoms with E-state index in [-0.39, 0.29) is 0 Å². The third-order valence-electron chi connectivity index (χ3n) is 3.99. The Kier molecular flexibility index (Phi) is 2.83. The van der Waals surface area contributed by atoms with E-state index in [9.17, 15) is 0 Å². The van der Waals surface area contributed by atoms with Gasteiger partial charge in [-0.2, -0.15) is 0 Å². The summed E-state index contributed by atoms with van der Waals surface area (Å²) in [5, 5.41) is 2.26. The van der Waals surface area contributed by atoms with Crippen molar-refractivity contribution in [2.45, 2.75) is 6.92 Å². The first-order chi connectivity index (χ1) is 10.7. The van der Waals surface area contributed by atoms with E-state index in [0.717, 1.165) is 27.5 Å². The molecule has 0 saturated carbocycles. The van der Waals surface area contributed by atoms with Crippen LogP contribution in [0.4, 0.5) is 5.69 Å². The van der Waals surface area contributed by atoms with Gasteiger partial charge in [0.1, 0.15) is 0 Å². The minimum atomic E-state index is 0.745. The predicted molar refractivity (Wildman–Crippen MR) is 93.8 cm³/mol. The fourth-order valence-electron chi connectivity index (χ4n) is 2.84. The Morgan fingerprint density at radius 3 is 2.27 bits per heavy atom. The number of pyridine rings is 1. The smallest absolute Gasteiger partial charge is 0.0730 e. The molecule has 106 valence electrons. The van der Waals surface area contributed by atoms with Crippen LogP contribution in [-0.2, 0) is 0 Å². The van der Waals surface area contributed by atoms with Gasteiger partial charge >= 0.3 is 0 Å². The molecule has 0 fully saturated rings. The molecule has 0 aliphatic rings. The van der Waals surface area contributed by atoms with Gasteiger partial charge < -0.3 is 5.73 Å². The van der Waals surface area contributed by atoms with E-state index in [0.29, 0.717) is 0 Å². The highest BCUT2D eigenvalue weighted by molar-refractivity contribution is 5.95. The van der Waals surface area contributed by atoms with Crippen molar-refractivity contribution in [3.63, 3.8) is 0 Å². The van der Waals surface area contributed by atoms with Crippen LogP contribution in [0.15, 0.2) is 66.7 Å². The van der Waals surface area contributed by atoms with E-state index >= 15 is 0 Å². The van der Waals surface area contributed by atoms with Gasteiger partial charge in [0.25, 0.3) is 0 Å². The lowest BCUT2D eigenvalue weighted by molar-refractivity contribution is 1.46. The largest absolute Gasteiger partial charge is 0.399 e. The van der Waals surface area contributed by atoms with Gasteiger partial charge in [0.05, 0.1) is 11.0 Å². The number of anilines is 1. The molecule has 22 heavy (non-hydrogen) atoms. The van der Waals surface area contributed by atoms with Gasteiger partial charge in [0.2, 0.25) is 0 Å². The average Bonchev–Trinajstić information content (AvgIpc) is 2.52. The topological polar surface area (TPSA) is 38.9 Å². The lowest BCUT2D eigenvalue weighted by Gasteiger charge is -2.07. The zero-order valence-electron chi connectivity index (χ0n) is 12.4. The minimum absolute atomic E-state index is 0.745. The highest BCUT2D eigenvalue weighted by Crippen LogP contribution is 2.27.